The minimum absolute atomic E-state index is 0.100. The van der Waals surface area contributed by atoms with Crippen molar-refractivity contribution in [3.05, 3.63) is 30.1 Å². The summed E-state index contributed by atoms with van der Waals surface area (Å²) in [7, 11) is 1.83. The Balaban J connectivity index is 2.06. The molecular weight excluding hydrogens is 260 g/mol. The quantitative estimate of drug-likeness (QED) is 0.676. The molecule has 1 aromatic carbocycles. The highest BCUT2D eigenvalue weighted by atomic mass is 16.5. The molecule has 102 valence electrons. The van der Waals surface area contributed by atoms with Crippen molar-refractivity contribution in [2.24, 2.45) is 7.05 Å². The molecule has 0 N–H and O–H groups in total. The van der Waals surface area contributed by atoms with Gasteiger partial charge in [0.05, 0.1) is 12.1 Å². The third-order valence-corrected chi connectivity index (χ3v) is 2.84. The first-order valence-electron chi connectivity index (χ1n) is 6.13. The van der Waals surface area contributed by atoms with E-state index < -0.39 is 5.97 Å². The van der Waals surface area contributed by atoms with Gasteiger partial charge in [-0.05, 0) is 18.1 Å². The molecule has 0 amide bonds. The maximum atomic E-state index is 11.5. The average Bonchev–Trinajstić information content (AvgIpc) is 3.05. The van der Waals surface area contributed by atoms with Gasteiger partial charge in [-0.15, -0.1) is 0 Å². The highest BCUT2D eigenvalue weighted by Gasteiger charge is 2.20. The SMILES string of the molecule is CCOC(=O)c1noc(-c2nn(C)c3ccccc23)n1. The fourth-order valence-corrected chi connectivity index (χ4v) is 1.97. The van der Waals surface area contributed by atoms with Gasteiger partial charge in [0.15, 0.2) is 5.69 Å². The summed E-state index contributed by atoms with van der Waals surface area (Å²) in [6.07, 6.45) is 0. The van der Waals surface area contributed by atoms with E-state index in [4.69, 9.17) is 9.26 Å². The summed E-state index contributed by atoms with van der Waals surface area (Å²) in [4.78, 5) is 15.6. The van der Waals surface area contributed by atoms with E-state index in [-0.39, 0.29) is 18.3 Å². The Labute approximate surface area is 114 Å². The molecule has 3 rings (SSSR count). The van der Waals surface area contributed by atoms with Crippen LogP contribution in [0, 0.1) is 0 Å². The number of rotatable bonds is 3. The fraction of sp³-hybridized carbons (Fsp3) is 0.231. The summed E-state index contributed by atoms with van der Waals surface area (Å²) >= 11 is 0. The van der Waals surface area contributed by atoms with Gasteiger partial charge in [0.2, 0.25) is 0 Å². The van der Waals surface area contributed by atoms with E-state index in [1.54, 1.807) is 11.6 Å². The number of nitrogens with zero attached hydrogens (tertiary/aromatic N) is 4. The molecule has 0 radical (unpaired) electrons. The molecule has 0 aliphatic carbocycles. The van der Waals surface area contributed by atoms with Gasteiger partial charge in [-0.1, -0.05) is 18.2 Å². The van der Waals surface area contributed by atoms with Gasteiger partial charge in [0, 0.05) is 12.4 Å². The Kier molecular flexibility index (Phi) is 2.94. The van der Waals surface area contributed by atoms with Crippen LogP contribution in [0.5, 0.6) is 0 Å². The van der Waals surface area contributed by atoms with Crippen molar-refractivity contribution < 1.29 is 14.1 Å². The molecule has 0 spiro atoms. The number of esters is 1. The van der Waals surface area contributed by atoms with Crippen LogP contribution in [0.3, 0.4) is 0 Å². The smallest absolute Gasteiger partial charge is 0.379 e. The Bertz CT molecular complexity index is 775. The first-order chi connectivity index (χ1) is 9.70. The summed E-state index contributed by atoms with van der Waals surface area (Å²) in [6.45, 7) is 1.97. The summed E-state index contributed by atoms with van der Waals surface area (Å²) in [5.41, 5.74) is 1.49. The van der Waals surface area contributed by atoms with Gasteiger partial charge in [-0.2, -0.15) is 10.1 Å². The molecule has 20 heavy (non-hydrogen) atoms. The molecule has 0 saturated heterocycles. The first kappa shape index (κ1) is 12.3. The zero-order chi connectivity index (χ0) is 14.1. The number of carbonyl (C=O) groups is 1. The van der Waals surface area contributed by atoms with Crippen LogP contribution in [0.4, 0.5) is 0 Å². The Morgan fingerprint density at radius 1 is 1.40 bits per heavy atom. The monoisotopic (exact) mass is 272 g/mol. The number of hydrogen-bond donors (Lipinski definition) is 0. The lowest BCUT2D eigenvalue weighted by atomic mass is 10.2. The molecule has 0 atom stereocenters. The zero-order valence-electron chi connectivity index (χ0n) is 11.0. The van der Waals surface area contributed by atoms with E-state index in [1.165, 1.54) is 0 Å². The predicted molar refractivity (Wildman–Crippen MR) is 70.0 cm³/mol. The van der Waals surface area contributed by atoms with Crippen molar-refractivity contribution in [2.45, 2.75) is 6.92 Å². The summed E-state index contributed by atoms with van der Waals surface area (Å²) in [5, 5.41) is 8.85. The van der Waals surface area contributed by atoms with Crippen molar-refractivity contribution >= 4 is 16.9 Å². The van der Waals surface area contributed by atoms with Crippen molar-refractivity contribution in [2.75, 3.05) is 6.61 Å². The Morgan fingerprint density at radius 3 is 3.00 bits per heavy atom. The zero-order valence-corrected chi connectivity index (χ0v) is 11.0. The third-order valence-electron chi connectivity index (χ3n) is 2.84. The number of hydrogen-bond acceptors (Lipinski definition) is 6. The van der Waals surface area contributed by atoms with Crippen LogP contribution in [0.25, 0.3) is 22.5 Å². The molecule has 0 aliphatic heterocycles. The van der Waals surface area contributed by atoms with E-state index in [0.717, 1.165) is 10.9 Å². The molecule has 0 aliphatic rings. The molecule has 7 nitrogen and oxygen atoms in total. The van der Waals surface area contributed by atoms with Gasteiger partial charge in [-0.25, -0.2) is 4.79 Å². The van der Waals surface area contributed by atoms with Gasteiger partial charge >= 0.3 is 5.97 Å². The highest BCUT2D eigenvalue weighted by Crippen LogP contribution is 2.25. The average molecular weight is 272 g/mol. The van der Waals surface area contributed by atoms with Crippen LogP contribution >= 0.6 is 0 Å². The van der Waals surface area contributed by atoms with Gasteiger partial charge in [-0.3, -0.25) is 4.68 Å². The molecule has 2 aromatic heterocycles. The second-order valence-corrected chi connectivity index (χ2v) is 4.13. The Hall–Kier alpha value is -2.70. The third kappa shape index (κ3) is 1.93. The first-order valence-corrected chi connectivity index (χ1v) is 6.13. The lowest BCUT2D eigenvalue weighted by Crippen LogP contribution is -2.06. The standard InChI is InChI=1S/C13H12N4O3/c1-3-19-13(18)11-14-12(20-16-11)10-8-6-4-5-7-9(8)17(2)15-10/h4-7H,3H2,1-2H3. The number of fused-ring (bicyclic) bond motifs is 1. The number of carbonyl (C=O) groups excluding carboxylic acids is 1. The van der Waals surface area contributed by atoms with Gasteiger partial charge < -0.3 is 9.26 Å². The van der Waals surface area contributed by atoms with Crippen molar-refractivity contribution in [1.29, 1.82) is 0 Å². The van der Waals surface area contributed by atoms with Crippen LogP contribution < -0.4 is 0 Å². The van der Waals surface area contributed by atoms with Gasteiger partial charge in [0.25, 0.3) is 11.7 Å². The molecular formula is C13H12N4O3. The van der Waals surface area contributed by atoms with E-state index in [0.29, 0.717) is 5.69 Å². The second kappa shape index (κ2) is 4.76. The van der Waals surface area contributed by atoms with E-state index >= 15 is 0 Å². The normalized spacial score (nSPS) is 10.9. The molecule has 0 fully saturated rings. The van der Waals surface area contributed by atoms with Crippen LogP contribution in [0.2, 0.25) is 0 Å². The lowest BCUT2D eigenvalue weighted by molar-refractivity contribution is 0.0508. The number of aryl methyl sites for hydroxylation is 1. The van der Waals surface area contributed by atoms with Crippen LogP contribution in [-0.2, 0) is 11.8 Å². The predicted octanol–water partition coefficient (Wildman–Crippen LogP) is 1.80. The minimum Gasteiger partial charge on any atom is -0.460 e. The maximum absolute atomic E-state index is 11.5. The summed E-state index contributed by atoms with van der Waals surface area (Å²) in [6, 6.07) is 7.67. The topological polar surface area (TPSA) is 83.0 Å². The molecule has 2 heterocycles. The number of para-hydroxylation sites is 1. The van der Waals surface area contributed by atoms with Crippen LogP contribution in [0.15, 0.2) is 28.8 Å². The molecule has 0 bridgehead atoms. The Morgan fingerprint density at radius 2 is 2.20 bits per heavy atom. The van der Waals surface area contributed by atoms with E-state index in [9.17, 15) is 4.79 Å². The van der Waals surface area contributed by atoms with Crippen molar-refractivity contribution in [3.8, 4) is 11.6 Å². The number of benzene rings is 1. The summed E-state index contributed by atoms with van der Waals surface area (Å²) < 4.78 is 11.6. The largest absolute Gasteiger partial charge is 0.460 e. The second-order valence-electron chi connectivity index (χ2n) is 4.13. The fourth-order valence-electron chi connectivity index (χ4n) is 1.97. The number of aromatic nitrogens is 4. The molecule has 7 heteroatoms. The molecule has 0 saturated carbocycles. The maximum Gasteiger partial charge on any atom is 0.379 e. The highest BCUT2D eigenvalue weighted by molar-refractivity contribution is 5.92. The van der Waals surface area contributed by atoms with Crippen LogP contribution in [0.1, 0.15) is 17.5 Å². The number of ether oxygens (including phenoxy) is 1. The summed E-state index contributed by atoms with van der Waals surface area (Å²) in [5.74, 6) is -0.510. The molecule has 0 unspecified atom stereocenters. The van der Waals surface area contributed by atoms with Crippen molar-refractivity contribution in [1.82, 2.24) is 19.9 Å². The van der Waals surface area contributed by atoms with Crippen LogP contribution in [-0.4, -0.2) is 32.5 Å². The van der Waals surface area contributed by atoms with E-state index in [2.05, 4.69) is 15.2 Å². The van der Waals surface area contributed by atoms with E-state index in [1.807, 2.05) is 31.3 Å². The lowest BCUT2D eigenvalue weighted by Gasteiger charge is -1.93. The molecule has 3 aromatic rings. The minimum atomic E-state index is -0.609. The van der Waals surface area contributed by atoms with Gasteiger partial charge in [0.1, 0.15) is 0 Å². The van der Waals surface area contributed by atoms with Crippen molar-refractivity contribution in [3.63, 3.8) is 0 Å².